The maximum Gasteiger partial charge on any atom is 0.279 e. The van der Waals surface area contributed by atoms with E-state index in [0.717, 1.165) is 17.9 Å². The number of Topliss-reactive ketones (excluding diaryl/α,β-unsaturated/α-hetero) is 1. The third-order valence-corrected chi connectivity index (χ3v) is 7.87. The number of benzene rings is 2. The van der Waals surface area contributed by atoms with Crippen LogP contribution in [0.2, 0.25) is 0 Å². The molecule has 1 unspecified atom stereocenters. The number of nitrogens with zero attached hydrogens (tertiary/aromatic N) is 5. The Labute approximate surface area is 220 Å². The first-order chi connectivity index (χ1) is 17.6. The maximum atomic E-state index is 12.9. The minimum Gasteiger partial charge on any atom is -0.337 e. The number of carbonyl (C=O) groups is 2. The van der Waals surface area contributed by atoms with Crippen LogP contribution in [0.4, 0.5) is 4.79 Å². The predicted octanol–water partition coefficient (Wildman–Crippen LogP) is 4.45. The first kappa shape index (κ1) is 26.4. The fourth-order valence-electron chi connectivity index (χ4n) is 4.09. The van der Waals surface area contributed by atoms with Gasteiger partial charge in [-0.05, 0) is 84.2 Å². The van der Waals surface area contributed by atoms with Gasteiger partial charge in [-0.3, -0.25) is 14.5 Å². The molecule has 10 heteroatoms. The molecule has 1 N–H and O–H groups in total. The molecule has 36 heavy (non-hydrogen) atoms. The lowest BCUT2D eigenvalue weighted by Gasteiger charge is -2.16. The van der Waals surface area contributed by atoms with Crippen LogP contribution in [0.25, 0.3) is 0 Å². The summed E-state index contributed by atoms with van der Waals surface area (Å²) in [5, 5.41) is 15.1. The molecule has 0 spiro atoms. The molecular formula is C26H32N6O2S2. The summed E-state index contributed by atoms with van der Waals surface area (Å²) in [7, 11) is 0. The molecule has 3 aromatic rings. The summed E-state index contributed by atoms with van der Waals surface area (Å²) in [6.07, 6.45) is 3.87. The first-order valence-electron chi connectivity index (χ1n) is 12.4. The highest BCUT2D eigenvalue weighted by molar-refractivity contribution is 8.13. The Morgan fingerprint density at radius 2 is 1.78 bits per heavy atom. The third kappa shape index (κ3) is 7.91. The smallest absolute Gasteiger partial charge is 0.279 e. The van der Waals surface area contributed by atoms with Gasteiger partial charge < -0.3 is 5.32 Å². The molecule has 1 aromatic heterocycles. The van der Waals surface area contributed by atoms with E-state index in [-0.39, 0.29) is 17.6 Å². The summed E-state index contributed by atoms with van der Waals surface area (Å²) in [5.74, 6) is 0.537. The molecule has 0 aliphatic carbocycles. The van der Waals surface area contributed by atoms with E-state index >= 15 is 0 Å². The summed E-state index contributed by atoms with van der Waals surface area (Å²) in [6, 6.07) is 17.9. The van der Waals surface area contributed by atoms with Gasteiger partial charge in [-0.15, -0.1) is 5.10 Å². The number of tetrazole rings is 1. The van der Waals surface area contributed by atoms with Crippen molar-refractivity contribution in [2.45, 2.75) is 61.8 Å². The van der Waals surface area contributed by atoms with Gasteiger partial charge in [0.05, 0.1) is 6.04 Å². The highest BCUT2D eigenvalue weighted by atomic mass is 32.2. The van der Waals surface area contributed by atoms with E-state index in [2.05, 4.69) is 50.0 Å². The number of nitrogens with one attached hydrogen (secondary N) is 1. The number of aryl methyl sites for hydroxylation is 1. The fourth-order valence-corrected chi connectivity index (χ4v) is 5.61. The Bertz CT molecular complexity index is 1120. The van der Waals surface area contributed by atoms with Crippen LogP contribution in [0.5, 0.6) is 0 Å². The number of hydrogen-bond acceptors (Lipinski definition) is 8. The third-order valence-electron chi connectivity index (χ3n) is 6.10. The van der Waals surface area contributed by atoms with Crippen molar-refractivity contribution in [3.63, 3.8) is 0 Å². The number of hydrogen-bond donors (Lipinski definition) is 1. The van der Waals surface area contributed by atoms with Crippen LogP contribution in [-0.2, 0) is 24.3 Å². The second-order valence-corrected chi connectivity index (χ2v) is 10.9. The quantitative estimate of drug-likeness (QED) is 0.371. The van der Waals surface area contributed by atoms with E-state index in [1.54, 1.807) is 0 Å². The molecule has 1 fully saturated rings. The molecule has 0 bridgehead atoms. The summed E-state index contributed by atoms with van der Waals surface area (Å²) >= 11 is 2.63. The molecule has 2 heterocycles. The van der Waals surface area contributed by atoms with Crippen LogP contribution in [0.15, 0.2) is 64.6 Å². The summed E-state index contributed by atoms with van der Waals surface area (Å²) in [6.45, 7) is 5.22. The normalized spacial score (nSPS) is 14.6. The van der Waals surface area contributed by atoms with Crippen LogP contribution >= 0.6 is 23.5 Å². The van der Waals surface area contributed by atoms with E-state index in [1.807, 2.05) is 37.3 Å². The topological polar surface area (TPSA) is 93.0 Å². The van der Waals surface area contributed by atoms with E-state index in [4.69, 9.17) is 0 Å². The molecule has 1 saturated heterocycles. The summed E-state index contributed by atoms with van der Waals surface area (Å²) in [4.78, 5) is 28.8. The molecule has 1 aliphatic heterocycles. The molecule has 0 saturated carbocycles. The lowest BCUT2D eigenvalue weighted by molar-refractivity contribution is -0.121. The molecule has 0 radical (unpaired) electrons. The second kappa shape index (κ2) is 13.6. The maximum absolute atomic E-state index is 12.9. The van der Waals surface area contributed by atoms with Crippen LogP contribution < -0.4 is 5.32 Å². The molecule has 4 rings (SSSR count). The van der Waals surface area contributed by atoms with Crippen LogP contribution in [0.3, 0.4) is 0 Å². The summed E-state index contributed by atoms with van der Waals surface area (Å²) < 4.78 is 1.50. The van der Waals surface area contributed by atoms with Gasteiger partial charge in [0.15, 0.2) is 5.78 Å². The number of aromatic nitrogens is 4. The number of thioether (sulfide) groups is 1. The van der Waals surface area contributed by atoms with E-state index in [1.165, 1.54) is 65.3 Å². The van der Waals surface area contributed by atoms with Crippen molar-refractivity contribution in [3.8, 4) is 0 Å². The lowest BCUT2D eigenvalue weighted by atomic mass is 10.1. The zero-order chi connectivity index (χ0) is 25.2. The first-order valence-corrected chi connectivity index (χ1v) is 14.2. The Hall–Kier alpha value is -2.69. The van der Waals surface area contributed by atoms with Gasteiger partial charge in [-0.1, -0.05) is 61.2 Å². The van der Waals surface area contributed by atoms with Gasteiger partial charge in [0.1, 0.15) is 6.54 Å². The van der Waals surface area contributed by atoms with Gasteiger partial charge in [0.2, 0.25) is 5.16 Å². The van der Waals surface area contributed by atoms with Crippen molar-refractivity contribution in [2.24, 2.45) is 0 Å². The lowest BCUT2D eigenvalue weighted by Crippen LogP contribution is -2.40. The van der Waals surface area contributed by atoms with Gasteiger partial charge in [-0.2, -0.15) is 0 Å². The molecule has 2 aromatic carbocycles. The van der Waals surface area contributed by atoms with Crippen LogP contribution in [0, 0.1) is 0 Å². The minimum atomic E-state index is -0.575. The largest absolute Gasteiger partial charge is 0.337 e. The number of likely N-dealkylation sites (tertiary alicyclic amines) is 1. The second-order valence-electron chi connectivity index (χ2n) is 8.79. The average molecular weight is 525 g/mol. The van der Waals surface area contributed by atoms with Crippen molar-refractivity contribution in [3.05, 3.63) is 65.7 Å². The Kier molecular flexibility index (Phi) is 9.94. The number of ketones is 1. The van der Waals surface area contributed by atoms with Crippen LogP contribution in [-0.4, -0.2) is 61.0 Å². The average Bonchev–Trinajstić information content (AvgIpc) is 3.56. The number of rotatable bonds is 12. The van der Waals surface area contributed by atoms with Gasteiger partial charge >= 0.3 is 0 Å². The van der Waals surface area contributed by atoms with Gasteiger partial charge in [0, 0.05) is 17.2 Å². The van der Waals surface area contributed by atoms with Crippen molar-refractivity contribution in [1.29, 1.82) is 0 Å². The highest BCUT2D eigenvalue weighted by Gasteiger charge is 2.22. The highest BCUT2D eigenvalue weighted by Crippen LogP contribution is 2.26. The van der Waals surface area contributed by atoms with Gasteiger partial charge in [0.25, 0.3) is 5.24 Å². The SMILES string of the molecule is CCC(NC(=O)SCCc1ccccc1)C(=O)Cn1nnnc1Sc1ccc(CN2CCCC2)cc1. The molecule has 1 amide bonds. The molecule has 1 aliphatic rings. The number of amides is 1. The van der Waals surface area contributed by atoms with E-state index in [0.29, 0.717) is 17.3 Å². The molecule has 190 valence electrons. The molecule has 8 nitrogen and oxygen atoms in total. The minimum absolute atomic E-state index is 0.00977. The summed E-state index contributed by atoms with van der Waals surface area (Å²) in [5.41, 5.74) is 2.48. The number of carbonyl (C=O) groups excluding carboxylic acids is 2. The van der Waals surface area contributed by atoms with Crippen molar-refractivity contribution >= 4 is 34.5 Å². The predicted molar refractivity (Wildman–Crippen MR) is 143 cm³/mol. The molecule has 1 atom stereocenters. The zero-order valence-corrected chi connectivity index (χ0v) is 22.1. The monoisotopic (exact) mass is 524 g/mol. The fraction of sp³-hybridized carbons (Fsp3) is 0.423. The Balaban J connectivity index is 1.26. The Morgan fingerprint density at radius 1 is 1.03 bits per heavy atom. The van der Waals surface area contributed by atoms with Crippen LogP contribution in [0.1, 0.15) is 37.3 Å². The van der Waals surface area contributed by atoms with E-state index < -0.39 is 6.04 Å². The van der Waals surface area contributed by atoms with Crippen molar-refractivity contribution < 1.29 is 9.59 Å². The van der Waals surface area contributed by atoms with Gasteiger partial charge in [-0.25, -0.2) is 4.68 Å². The standard InChI is InChI=1S/C26H32N6O2S2/c1-2-23(27-26(34)35-17-14-20-8-4-3-5-9-20)24(33)19-32-25(28-29-30-32)36-22-12-10-21(11-13-22)18-31-15-6-7-16-31/h3-5,8-13,23H,2,6-7,14-19H2,1H3,(H,27,34). The Morgan fingerprint density at radius 3 is 2.50 bits per heavy atom. The van der Waals surface area contributed by atoms with E-state index in [9.17, 15) is 9.59 Å². The zero-order valence-electron chi connectivity index (χ0n) is 20.5. The molecular weight excluding hydrogens is 492 g/mol. The van der Waals surface area contributed by atoms with Crippen molar-refractivity contribution in [2.75, 3.05) is 18.8 Å². The van der Waals surface area contributed by atoms with Crippen molar-refractivity contribution in [1.82, 2.24) is 30.4 Å².